The van der Waals surface area contributed by atoms with Crippen molar-refractivity contribution in [2.75, 3.05) is 20.8 Å². The average molecular weight is 303 g/mol. The summed E-state index contributed by atoms with van der Waals surface area (Å²) in [5.74, 6) is 1.59. The number of methoxy groups -OCH3 is 2. The molecule has 2 aromatic carbocycles. The van der Waals surface area contributed by atoms with Crippen LogP contribution in [0.1, 0.15) is 19.8 Å². The summed E-state index contributed by atoms with van der Waals surface area (Å²) in [5, 5.41) is 4.36. The van der Waals surface area contributed by atoms with E-state index in [1.807, 2.05) is 24.3 Å². The second-order valence-electron chi connectivity index (χ2n) is 4.83. The van der Waals surface area contributed by atoms with Gasteiger partial charge in [0.15, 0.2) is 11.5 Å². The fourth-order valence-corrected chi connectivity index (χ4v) is 2.24. The van der Waals surface area contributed by atoms with Crippen LogP contribution in [0.25, 0.3) is 10.8 Å². The van der Waals surface area contributed by atoms with Gasteiger partial charge in [-0.05, 0) is 6.42 Å². The molecule has 0 aliphatic carbocycles. The van der Waals surface area contributed by atoms with Crippen LogP contribution in [-0.2, 0) is 0 Å². The number of benzene rings is 2. The van der Waals surface area contributed by atoms with Crippen molar-refractivity contribution in [3.8, 4) is 17.2 Å². The van der Waals surface area contributed by atoms with Crippen LogP contribution >= 0.6 is 0 Å². The maximum Gasteiger partial charge on any atom is 0.412 e. The number of fused-ring (bicyclic) bond motifs is 1. The van der Waals surface area contributed by atoms with Gasteiger partial charge in [-0.25, -0.2) is 4.79 Å². The minimum Gasteiger partial charge on any atom is -0.493 e. The Morgan fingerprint density at radius 1 is 1.09 bits per heavy atom. The first-order valence-corrected chi connectivity index (χ1v) is 7.30. The third kappa shape index (κ3) is 3.42. The predicted octanol–water partition coefficient (Wildman–Crippen LogP) is 3.75. The topological polar surface area (TPSA) is 56.8 Å². The third-order valence-corrected chi connectivity index (χ3v) is 3.35. The van der Waals surface area contributed by atoms with E-state index >= 15 is 0 Å². The molecule has 2 aromatic rings. The Labute approximate surface area is 130 Å². The molecule has 118 valence electrons. The SMILES string of the molecule is CCCCNC(=O)Oc1cc(OC)c(OC)c2ccccc12. The Morgan fingerprint density at radius 3 is 2.45 bits per heavy atom. The Morgan fingerprint density at radius 2 is 1.82 bits per heavy atom. The van der Waals surface area contributed by atoms with E-state index in [1.54, 1.807) is 20.3 Å². The van der Waals surface area contributed by atoms with Gasteiger partial charge in [-0.3, -0.25) is 0 Å². The summed E-state index contributed by atoms with van der Waals surface area (Å²) in [6.45, 7) is 2.66. The van der Waals surface area contributed by atoms with Gasteiger partial charge < -0.3 is 19.5 Å². The molecule has 0 saturated heterocycles. The molecule has 0 bridgehead atoms. The van der Waals surface area contributed by atoms with Crippen molar-refractivity contribution in [2.45, 2.75) is 19.8 Å². The summed E-state index contributed by atoms with van der Waals surface area (Å²) in [6.07, 6.45) is 1.47. The van der Waals surface area contributed by atoms with Crippen LogP contribution in [0.15, 0.2) is 30.3 Å². The molecule has 5 nitrogen and oxygen atoms in total. The zero-order chi connectivity index (χ0) is 15.9. The molecule has 1 N–H and O–H groups in total. The number of ether oxygens (including phenoxy) is 3. The summed E-state index contributed by atoms with van der Waals surface area (Å²) in [6, 6.07) is 9.23. The highest BCUT2D eigenvalue weighted by molar-refractivity contribution is 5.96. The Kier molecular flexibility index (Phi) is 5.47. The van der Waals surface area contributed by atoms with Crippen molar-refractivity contribution in [3.63, 3.8) is 0 Å². The van der Waals surface area contributed by atoms with Gasteiger partial charge in [-0.1, -0.05) is 37.6 Å². The molecule has 0 aliphatic heterocycles. The molecular formula is C17H21NO4. The summed E-state index contributed by atoms with van der Waals surface area (Å²) in [7, 11) is 3.14. The number of amides is 1. The van der Waals surface area contributed by atoms with Gasteiger partial charge >= 0.3 is 6.09 Å². The van der Waals surface area contributed by atoms with E-state index < -0.39 is 6.09 Å². The molecule has 0 radical (unpaired) electrons. The van der Waals surface area contributed by atoms with Gasteiger partial charge in [-0.15, -0.1) is 0 Å². The molecule has 0 fully saturated rings. The Bertz CT molecular complexity index is 654. The van der Waals surface area contributed by atoms with Crippen LogP contribution in [0.3, 0.4) is 0 Å². The first-order valence-electron chi connectivity index (χ1n) is 7.30. The molecule has 0 spiro atoms. The Balaban J connectivity index is 2.35. The van der Waals surface area contributed by atoms with Crippen LogP contribution < -0.4 is 19.5 Å². The second kappa shape index (κ2) is 7.54. The molecule has 0 aliphatic rings. The minimum atomic E-state index is -0.467. The maximum atomic E-state index is 11.9. The van der Waals surface area contributed by atoms with Gasteiger partial charge in [0, 0.05) is 23.4 Å². The number of unbranched alkanes of at least 4 members (excludes halogenated alkanes) is 1. The van der Waals surface area contributed by atoms with Gasteiger partial charge in [-0.2, -0.15) is 0 Å². The van der Waals surface area contributed by atoms with Gasteiger partial charge in [0.2, 0.25) is 0 Å². The number of hydrogen-bond acceptors (Lipinski definition) is 4. The molecule has 0 atom stereocenters. The van der Waals surface area contributed by atoms with E-state index in [4.69, 9.17) is 14.2 Å². The molecule has 0 unspecified atom stereocenters. The number of carbonyl (C=O) groups excluding carboxylic acids is 1. The molecule has 1 amide bonds. The van der Waals surface area contributed by atoms with Crippen molar-refractivity contribution in [2.24, 2.45) is 0 Å². The lowest BCUT2D eigenvalue weighted by Gasteiger charge is -2.14. The molecule has 0 aromatic heterocycles. The monoisotopic (exact) mass is 303 g/mol. The van der Waals surface area contributed by atoms with Gasteiger partial charge in [0.25, 0.3) is 0 Å². The average Bonchev–Trinajstić information content (AvgIpc) is 2.54. The summed E-state index contributed by atoms with van der Waals surface area (Å²) >= 11 is 0. The lowest BCUT2D eigenvalue weighted by atomic mass is 10.1. The first kappa shape index (κ1) is 15.9. The van der Waals surface area contributed by atoms with Crippen molar-refractivity contribution in [1.82, 2.24) is 5.32 Å². The fraction of sp³-hybridized carbons (Fsp3) is 0.353. The maximum absolute atomic E-state index is 11.9. The van der Waals surface area contributed by atoms with E-state index in [-0.39, 0.29) is 0 Å². The van der Waals surface area contributed by atoms with Crippen molar-refractivity contribution < 1.29 is 19.0 Å². The predicted molar refractivity (Wildman–Crippen MR) is 86.0 cm³/mol. The lowest BCUT2D eigenvalue weighted by Crippen LogP contribution is -2.27. The van der Waals surface area contributed by atoms with E-state index in [1.165, 1.54) is 0 Å². The normalized spacial score (nSPS) is 10.3. The fourth-order valence-electron chi connectivity index (χ4n) is 2.24. The highest BCUT2D eigenvalue weighted by Gasteiger charge is 2.16. The van der Waals surface area contributed by atoms with E-state index in [9.17, 15) is 4.79 Å². The van der Waals surface area contributed by atoms with Crippen LogP contribution in [-0.4, -0.2) is 26.9 Å². The molecule has 0 heterocycles. The smallest absolute Gasteiger partial charge is 0.412 e. The molecule has 5 heteroatoms. The third-order valence-electron chi connectivity index (χ3n) is 3.35. The summed E-state index contributed by atoms with van der Waals surface area (Å²) < 4.78 is 16.2. The Hall–Kier alpha value is -2.43. The van der Waals surface area contributed by atoms with Crippen LogP contribution in [0.2, 0.25) is 0 Å². The van der Waals surface area contributed by atoms with E-state index in [2.05, 4.69) is 12.2 Å². The number of nitrogens with one attached hydrogen (secondary N) is 1. The standard InChI is InChI=1S/C17H21NO4/c1-4-5-10-18-17(19)22-14-11-15(20-2)16(21-3)13-9-7-6-8-12(13)14/h6-9,11H,4-5,10H2,1-3H3,(H,18,19). The quantitative estimate of drug-likeness (QED) is 0.826. The lowest BCUT2D eigenvalue weighted by molar-refractivity contribution is 0.200. The van der Waals surface area contributed by atoms with Crippen molar-refractivity contribution >= 4 is 16.9 Å². The number of carbonyl (C=O) groups is 1. The van der Waals surface area contributed by atoms with Crippen molar-refractivity contribution in [1.29, 1.82) is 0 Å². The first-order chi connectivity index (χ1) is 10.7. The minimum absolute atomic E-state index is 0.447. The highest BCUT2D eigenvalue weighted by Crippen LogP contribution is 2.41. The zero-order valence-corrected chi connectivity index (χ0v) is 13.1. The van der Waals surface area contributed by atoms with Crippen LogP contribution in [0.4, 0.5) is 4.79 Å². The number of hydrogen-bond donors (Lipinski definition) is 1. The van der Waals surface area contributed by atoms with Crippen LogP contribution in [0, 0.1) is 0 Å². The molecule has 0 saturated carbocycles. The largest absolute Gasteiger partial charge is 0.493 e. The molecule has 2 rings (SSSR count). The van der Waals surface area contributed by atoms with Gasteiger partial charge in [0.1, 0.15) is 5.75 Å². The van der Waals surface area contributed by atoms with Crippen molar-refractivity contribution in [3.05, 3.63) is 30.3 Å². The zero-order valence-electron chi connectivity index (χ0n) is 13.1. The summed E-state index contributed by atoms with van der Waals surface area (Å²) in [4.78, 5) is 11.9. The molecular weight excluding hydrogens is 282 g/mol. The van der Waals surface area contributed by atoms with E-state index in [0.717, 1.165) is 23.6 Å². The summed E-state index contributed by atoms with van der Waals surface area (Å²) in [5.41, 5.74) is 0. The van der Waals surface area contributed by atoms with Crippen LogP contribution in [0.5, 0.6) is 17.2 Å². The van der Waals surface area contributed by atoms with Gasteiger partial charge in [0.05, 0.1) is 14.2 Å². The molecule has 22 heavy (non-hydrogen) atoms. The second-order valence-corrected chi connectivity index (χ2v) is 4.83. The van der Waals surface area contributed by atoms with E-state index in [0.29, 0.717) is 23.8 Å². The number of rotatable bonds is 6. The highest BCUT2D eigenvalue weighted by atomic mass is 16.6.